The Balaban J connectivity index is 0.00000338. The fraction of sp³-hybridized carbons (Fsp3) is 0.350. The van der Waals surface area contributed by atoms with Crippen molar-refractivity contribution in [2.75, 3.05) is 26.7 Å². The van der Waals surface area contributed by atoms with Crippen LogP contribution in [-0.4, -0.2) is 37.8 Å². The zero-order valence-electron chi connectivity index (χ0n) is 15.3. The molecule has 2 aromatic carbocycles. The number of methoxy groups -OCH3 is 1. The third-order valence-electron chi connectivity index (χ3n) is 3.82. The van der Waals surface area contributed by atoms with Gasteiger partial charge in [0.15, 0.2) is 5.96 Å². The SMILES string of the molecule is CCNC(=NCC(O)c1ccc(OC)cc1)NCCc1ccccc1.I. The molecular weight excluding hydrogens is 441 g/mol. The molecule has 0 aromatic heterocycles. The quantitative estimate of drug-likeness (QED) is 0.316. The monoisotopic (exact) mass is 469 g/mol. The first-order valence-electron chi connectivity index (χ1n) is 8.61. The first kappa shape index (κ1) is 22.2. The Morgan fingerprint density at radius 3 is 2.38 bits per heavy atom. The van der Waals surface area contributed by atoms with E-state index in [4.69, 9.17) is 4.74 Å². The average molecular weight is 469 g/mol. The molecule has 0 saturated heterocycles. The summed E-state index contributed by atoms with van der Waals surface area (Å²) in [5.74, 6) is 1.49. The van der Waals surface area contributed by atoms with Gasteiger partial charge in [-0.25, -0.2) is 0 Å². The number of ether oxygens (including phenoxy) is 1. The topological polar surface area (TPSA) is 65.9 Å². The zero-order valence-corrected chi connectivity index (χ0v) is 17.6. The third kappa shape index (κ3) is 7.61. The van der Waals surface area contributed by atoms with E-state index in [-0.39, 0.29) is 24.0 Å². The molecule has 0 saturated carbocycles. The van der Waals surface area contributed by atoms with Crippen molar-refractivity contribution < 1.29 is 9.84 Å². The summed E-state index contributed by atoms with van der Waals surface area (Å²) in [4.78, 5) is 4.48. The smallest absolute Gasteiger partial charge is 0.191 e. The number of nitrogens with one attached hydrogen (secondary N) is 2. The number of halogens is 1. The molecule has 26 heavy (non-hydrogen) atoms. The van der Waals surface area contributed by atoms with E-state index in [1.807, 2.05) is 49.4 Å². The standard InChI is InChI=1S/C20H27N3O2.HI/c1-3-21-20(22-14-13-16-7-5-4-6-8-16)23-15-19(24)17-9-11-18(25-2)12-10-17;/h4-12,19,24H,3,13-15H2,1-2H3,(H2,21,22,23);1H. The molecule has 0 spiro atoms. The van der Waals surface area contributed by atoms with Crippen LogP contribution in [0.3, 0.4) is 0 Å². The number of aliphatic hydroxyl groups is 1. The van der Waals surface area contributed by atoms with E-state index in [2.05, 4.69) is 27.8 Å². The van der Waals surface area contributed by atoms with E-state index in [0.29, 0.717) is 12.5 Å². The van der Waals surface area contributed by atoms with Crippen molar-refractivity contribution in [3.05, 3.63) is 65.7 Å². The van der Waals surface area contributed by atoms with Crippen molar-refractivity contribution in [1.29, 1.82) is 0 Å². The molecule has 0 aliphatic heterocycles. The molecule has 0 heterocycles. The summed E-state index contributed by atoms with van der Waals surface area (Å²) >= 11 is 0. The van der Waals surface area contributed by atoms with Gasteiger partial charge in [0.1, 0.15) is 5.75 Å². The van der Waals surface area contributed by atoms with Crippen molar-refractivity contribution >= 4 is 29.9 Å². The maximum atomic E-state index is 10.3. The highest BCUT2D eigenvalue weighted by molar-refractivity contribution is 14.0. The molecule has 0 radical (unpaired) electrons. The number of nitrogens with zero attached hydrogens (tertiary/aromatic N) is 1. The minimum Gasteiger partial charge on any atom is -0.497 e. The van der Waals surface area contributed by atoms with Gasteiger partial charge in [0.2, 0.25) is 0 Å². The van der Waals surface area contributed by atoms with Gasteiger partial charge in [0, 0.05) is 13.1 Å². The highest BCUT2D eigenvalue weighted by Crippen LogP contribution is 2.17. The van der Waals surface area contributed by atoms with Crippen LogP contribution in [0.1, 0.15) is 24.2 Å². The Kier molecular flexibility index (Phi) is 10.7. The molecule has 2 rings (SSSR count). The van der Waals surface area contributed by atoms with Crippen molar-refractivity contribution in [3.63, 3.8) is 0 Å². The number of rotatable bonds is 8. The molecule has 1 atom stereocenters. The van der Waals surface area contributed by atoms with Crippen LogP contribution in [0.4, 0.5) is 0 Å². The van der Waals surface area contributed by atoms with Gasteiger partial charge in [-0.05, 0) is 36.6 Å². The highest BCUT2D eigenvalue weighted by atomic mass is 127. The molecule has 142 valence electrons. The average Bonchev–Trinajstić information content (AvgIpc) is 2.66. The Hall–Kier alpha value is -1.80. The van der Waals surface area contributed by atoms with Crippen LogP contribution in [0.5, 0.6) is 5.75 Å². The second-order valence-corrected chi connectivity index (χ2v) is 5.67. The lowest BCUT2D eigenvalue weighted by molar-refractivity contribution is 0.187. The Labute approximate surface area is 172 Å². The largest absolute Gasteiger partial charge is 0.497 e. The van der Waals surface area contributed by atoms with Crippen LogP contribution in [0, 0.1) is 0 Å². The maximum Gasteiger partial charge on any atom is 0.191 e. The van der Waals surface area contributed by atoms with Gasteiger partial charge in [-0.1, -0.05) is 42.5 Å². The van der Waals surface area contributed by atoms with E-state index < -0.39 is 6.10 Å². The third-order valence-corrected chi connectivity index (χ3v) is 3.82. The Morgan fingerprint density at radius 2 is 1.77 bits per heavy atom. The molecule has 2 aromatic rings. The number of aliphatic imine (C=N–C) groups is 1. The predicted octanol–water partition coefficient (Wildman–Crippen LogP) is 3.14. The van der Waals surface area contributed by atoms with E-state index in [1.165, 1.54) is 5.56 Å². The lowest BCUT2D eigenvalue weighted by Crippen LogP contribution is -2.38. The maximum absolute atomic E-state index is 10.3. The lowest BCUT2D eigenvalue weighted by Gasteiger charge is -2.13. The molecule has 0 bridgehead atoms. The van der Waals surface area contributed by atoms with E-state index in [0.717, 1.165) is 30.8 Å². The molecule has 0 aliphatic rings. The van der Waals surface area contributed by atoms with Gasteiger partial charge < -0.3 is 20.5 Å². The van der Waals surface area contributed by atoms with Crippen molar-refractivity contribution in [2.24, 2.45) is 4.99 Å². The van der Waals surface area contributed by atoms with Crippen LogP contribution < -0.4 is 15.4 Å². The van der Waals surface area contributed by atoms with Crippen LogP contribution in [0.15, 0.2) is 59.6 Å². The summed E-state index contributed by atoms with van der Waals surface area (Å²) in [5, 5.41) is 16.8. The van der Waals surface area contributed by atoms with Crippen molar-refractivity contribution in [3.8, 4) is 5.75 Å². The van der Waals surface area contributed by atoms with Gasteiger partial charge in [-0.15, -0.1) is 24.0 Å². The number of guanidine groups is 1. The van der Waals surface area contributed by atoms with Crippen molar-refractivity contribution in [1.82, 2.24) is 10.6 Å². The number of aliphatic hydroxyl groups excluding tert-OH is 1. The minimum atomic E-state index is -0.643. The molecule has 0 fully saturated rings. The zero-order chi connectivity index (χ0) is 17.9. The summed E-state index contributed by atoms with van der Waals surface area (Å²) in [6.45, 7) is 3.88. The second kappa shape index (κ2) is 12.5. The van der Waals surface area contributed by atoms with E-state index >= 15 is 0 Å². The second-order valence-electron chi connectivity index (χ2n) is 5.67. The number of benzene rings is 2. The molecule has 3 N–H and O–H groups in total. The Morgan fingerprint density at radius 1 is 1.08 bits per heavy atom. The molecule has 1 unspecified atom stereocenters. The van der Waals surface area contributed by atoms with Gasteiger partial charge >= 0.3 is 0 Å². The first-order chi connectivity index (χ1) is 12.2. The highest BCUT2D eigenvalue weighted by Gasteiger charge is 2.07. The Bertz CT molecular complexity index is 648. The first-order valence-corrected chi connectivity index (χ1v) is 8.61. The van der Waals surface area contributed by atoms with Crippen molar-refractivity contribution in [2.45, 2.75) is 19.4 Å². The van der Waals surface area contributed by atoms with Gasteiger partial charge in [-0.3, -0.25) is 4.99 Å². The molecule has 6 heteroatoms. The summed E-state index contributed by atoms with van der Waals surface area (Å²) in [6, 6.07) is 17.7. The molecular formula is C20H28IN3O2. The van der Waals surface area contributed by atoms with Gasteiger partial charge in [0.05, 0.1) is 19.8 Å². The minimum absolute atomic E-state index is 0. The summed E-state index contributed by atoms with van der Waals surface area (Å²) in [7, 11) is 1.62. The van der Waals surface area contributed by atoms with Gasteiger partial charge in [-0.2, -0.15) is 0 Å². The number of hydrogen-bond acceptors (Lipinski definition) is 3. The van der Waals surface area contributed by atoms with Crippen LogP contribution in [-0.2, 0) is 6.42 Å². The van der Waals surface area contributed by atoms with Crippen LogP contribution in [0.2, 0.25) is 0 Å². The fourth-order valence-corrected chi connectivity index (χ4v) is 2.42. The summed E-state index contributed by atoms with van der Waals surface area (Å²) in [6.07, 6.45) is 0.280. The van der Waals surface area contributed by atoms with Crippen LogP contribution in [0.25, 0.3) is 0 Å². The molecule has 0 amide bonds. The predicted molar refractivity (Wildman–Crippen MR) is 117 cm³/mol. The fourth-order valence-electron chi connectivity index (χ4n) is 2.42. The molecule has 5 nitrogen and oxygen atoms in total. The number of hydrogen-bond donors (Lipinski definition) is 3. The van der Waals surface area contributed by atoms with E-state index in [9.17, 15) is 5.11 Å². The lowest BCUT2D eigenvalue weighted by atomic mass is 10.1. The van der Waals surface area contributed by atoms with Gasteiger partial charge in [0.25, 0.3) is 0 Å². The molecule has 0 aliphatic carbocycles. The summed E-state index contributed by atoms with van der Waals surface area (Å²) in [5.41, 5.74) is 2.11. The normalized spacial score (nSPS) is 12.0. The van der Waals surface area contributed by atoms with Crippen LogP contribution >= 0.6 is 24.0 Å². The van der Waals surface area contributed by atoms with E-state index in [1.54, 1.807) is 7.11 Å². The summed E-state index contributed by atoms with van der Waals surface area (Å²) < 4.78 is 5.13.